The summed E-state index contributed by atoms with van der Waals surface area (Å²) in [6.07, 6.45) is 4.76. The Hall–Kier alpha value is -1.000. The first-order chi connectivity index (χ1) is 13.9. The van der Waals surface area contributed by atoms with Crippen LogP contribution in [-0.2, 0) is 19.1 Å². The van der Waals surface area contributed by atoms with E-state index in [4.69, 9.17) is 14.5 Å². The monoisotopic (exact) mass is 429 g/mol. The van der Waals surface area contributed by atoms with E-state index in [0.717, 1.165) is 24.3 Å². The summed E-state index contributed by atoms with van der Waals surface area (Å²) in [6.45, 7) is 4.90. The maximum Gasteiger partial charge on any atom is 0.249 e. The number of aliphatic hydroxyl groups is 2. The van der Waals surface area contributed by atoms with Crippen LogP contribution in [0.15, 0.2) is 4.99 Å². The maximum atomic E-state index is 12.2. The van der Waals surface area contributed by atoms with Gasteiger partial charge in [-0.05, 0) is 26.7 Å². The van der Waals surface area contributed by atoms with Gasteiger partial charge >= 0.3 is 0 Å². The van der Waals surface area contributed by atoms with E-state index < -0.39 is 42.4 Å². The Morgan fingerprint density at radius 2 is 2.07 bits per heavy atom. The fraction of sp³-hybridized carbons (Fsp3) is 0.850. The number of hydrogen-bond acceptors (Lipinski definition) is 8. The second kappa shape index (κ2) is 12.0. The number of nitrogens with one attached hydrogen (secondary N) is 1. The van der Waals surface area contributed by atoms with Gasteiger partial charge in [0.15, 0.2) is 0 Å². The highest BCUT2D eigenvalue weighted by Gasteiger charge is 2.50. The number of thioether (sulfide) groups is 1. The molecule has 1 radical (unpaired) electrons. The molecule has 0 spiro atoms. The summed E-state index contributed by atoms with van der Waals surface area (Å²) < 4.78 is 11.7. The van der Waals surface area contributed by atoms with Crippen molar-refractivity contribution >= 4 is 29.0 Å². The van der Waals surface area contributed by atoms with Crippen LogP contribution in [0, 0.1) is 0 Å². The number of amides is 1. The third-order valence-corrected chi connectivity index (χ3v) is 6.33. The molecule has 0 unspecified atom stereocenters. The van der Waals surface area contributed by atoms with Crippen molar-refractivity contribution in [2.75, 3.05) is 6.61 Å². The van der Waals surface area contributed by atoms with E-state index in [-0.39, 0.29) is 12.0 Å². The Bertz CT molecular complexity index is 575. The number of hydrogen-bond donors (Lipinski definition) is 3. The molecule has 2 aliphatic heterocycles. The first-order valence-electron chi connectivity index (χ1n) is 10.4. The highest BCUT2D eigenvalue weighted by molar-refractivity contribution is 8.14. The number of carbonyl (C=O) groups excluding carboxylic acids is 2. The van der Waals surface area contributed by atoms with Crippen LogP contribution in [0.3, 0.4) is 0 Å². The molecular formula is C20H33N2O6S. The summed E-state index contributed by atoms with van der Waals surface area (Å²) in [4.78, 5) is 27.6. The zero-order valence-electron chi connectivity index (χ0n) is 17.4. The van der Waals surface area contributed by atoms with Gasteiger partial charge in [0.1, 0.15) is 35.9 Å². The minimum atomic E-state index is -1.11. The molecule has 9 heteroatoms. The molecule has 0 saturated carbocycles. The van der Waals surface area contributed by atoms with E-state index in [2.05, 4.69) is 12.2 Å². The number of ether oxygens (including phenoxy) is 2. The molecule has 1 saturated heterocycles. The van der Waals surface area contributed by atoms with Crippen molar-refractivity contribution in [3.8, 4) is 0 Å². The molecule has 0 bridgehead atoms. The fourth-order valence-corrected chi connectivity index (χ4v) is 4.70. The Morgan fingerprint density at radius 1 is 1.34 bits per heavy atom. The topological polar surface area (TPSA) is 117 Å². The lowest BCUT2D eigenvalue weighted by Gasteiger charge is -2.40. The highest BCUT2D eigenvalue weighted by Crippen LogP contribution is 2.39. The van der Waals surface area contributed by atoms with Gasteiger partial charge in [-0.25, -0.2) is 0 Å². The molecule has 8 nitrogen and oxygen atoms in total. The van der Waals surface area contributed by atoms with Crippen LogP contribution in [0.25, 0.3) is 0 Å². The van der Waals surface area contributed by atoms with Gasteiger partial charge in [-0.2, -0.15) is 0 Å². The van der Waals surface area contributed by atoms with Crippen molar-refractivity contribution in [1.82, 2.24) is 5.32 Å². The molecule has 165 valence electrons. The third-order valence-electron chi connectivity index (χ3n) is 5.13. The van der Waals surface area contributed by atoms with Crippen molar-refractivity contribution < 1.29 is 29.3 Å². The van der Waals surface area contributed by atoms with E-state index in [1.807, 2.05) is 0 Å². The van der Waals surface area contributed by atoms with Gasteiger partial charge in [-0.1, -0.05) is 44.4 Å². The number of unbranched alkanes of at least 4 members (excludes halogenated alkanes) is 4. The van der Waals surface area contributed by atoms with Gasteiger partial charge in [-0.15, -0.1) is 0 Å². The Kier molecular flexibility index (Phi) is 10.0. The Morgan fingerprint density at radius 3 is 2.72 bits per heavy atom. The van der Waals surface area contributed by atoms with Crippen LogP contribution in [0.4, 0.5) is 0 Å². The smallest absolute Gasteiger partial charge is 0.249 e. The lowest BCUT2D eigenvalue weighted by atomic mass is 9.98. The van der Waals surface area contributed by atoms with Crippen molar-refractivity contribution in [2.45, 2.75) is 101 Å². The summed E-state index contributed by atoms with van der Waals surface area (Å²) >= 11 is 1.51. The van der Waals surface area contributed by atoms with Gasteiger partial charge in [0.2, 0.25) is 12.2 Å². The van der Waals surface area contributed by atoms with Crippen molar-refractivity contribution in [3.05, 3.63) is 0 Å². The minimum absolute atomic E-state index is 0.352. The standard InChI is InChI=1S/C20H33N2O6S/c1-4-5-6-7-8-9-15-22-16-18(17(25)14(11-24)28-20(16)29-15)27-13(3)19(26)21-12(2)10-23/h12-14,16-18,20,24-25H,4-9,11H2,1-3H3,(H,21,26)/t12-,13+,14+,16+,17+,18+,20+/m0/s1. The number of aliphatic imine (C=N–C) groups is 1. The Balaban J connectivity index is 2.01. The maximum absolute atomic E-state index is 12.2. The van der Waals surface area contributed by atoms with E-state index in [1.54, 1.807) is 13.2 Å². The molecule has 1 fully saturated rings. The average Bonchev–Trinajstić information content (AvgIpc) is 3.11. The molecule has 2 rings (SSSR count). The second-order valence-electron chi connectivity index (χ2n) is 7.60. The summed E-state index contributed by atoms with van der Waals surface area (Å²) in [7, 11) is 0. The second-order valence-corrected chi connectivity index (χ2v) is 8.77. The van der Waals surface area contributed by atoms with Crippen LogP contribution in [-0.4, -0.2) is 76.0 Å². The quantitative estimate of drug-likeness (QED) is 0.401. The first-order valence-corrected chi connectivity index (χ1v) is 11.3. The summed E-state index contributed by atoms with van der Waals surface area (Å²) in [5, 5.41) is 23.6. The molecule has 0 aromatic heterocycles. The normalized spacial score (nSPS) is 30.9. The largest absolute Gasteiger partial charge is 0.394 e. The van der Waals surface area contributed by atoms with Crippen LogP contribution >= 0.6 is 11.8 Å². The lowest BCUT2D eigenvalue weighted by molar-refractivity contribution is -0.193. The number of carbonyl (C=O) groups is 1. The molecule has 7 atom stereocenters. The Labute approximate surface area is 176 Å². The average molecular weight is 430 g/mol. The molecule has 0 aliphatic carbocycles. The van der Waals surface area contributed by atoms with Gasteiger partial charge in [-0.3, -0.25) is 14.6 Å². The molecule has 1 amide bonds. The van der Waals surface area contributed by atoms with Crippen LogP contribution in [0.5, 0.6) is 0 Å². The molecule has 3 N–H and O–H groups in total. The molecule has 0 aromatic rings. The predicted molar refractivity (Wildman–Crippen MR) is 112 cm³/mol. The summed E-state index contributed by atoms with van der Waals surface area (Å²) in [6, 6.07) is -1.20. The van der Waals surface area contributed by atoms with E-state index in [1.165, 1.54) is 37.9 Å². The fourth-order valence-electron chi connectivity index (χ4n) is 3.44. The van der Waals surface area contributed by atoms with Crippen molar-refractivity contribution in [3.63, 3.8) is 0 Å². The van der Waals surface area contributed by atoms with Crippen LogP contribution in [0.2, 0.25) is 0 Å². The van der Waals surface area contributed by atoms with Crippen LogP contribution < -0.4 is 5.32 Å². The van der Waals surface area contributed by atoms with Crippen molar-refractivity contribution in [2.24, 2.45) is 4.99 Å². The van der Waals surface area contributed by atoms with Gasteiger partial charge in [0, 0.05) is 0 Å². The number of nitrogens with zero attached hydrogens (tertiary/aromatic N) is 1. The number of aliphatic hydroxyl groups excluding tert-OH is 2. The summed E-state index contributed by atoms with van der Waals surface area (Å²) in [5.74, 6) is -0.470. The van der Waals surface area contributed by atoms with Gasteiger partial charge in [0.25, 0.3) is 0 Å². The van der Waals surface area contributed by atoms with E-state index >= 15 is 0 Å². The lowest BCUT2D eigenvalue weighted by Crippen LogP contribution is -2.58. The van der Waals surface area contributed by atoms with Crippen LogP contribution in [0.1, 0.15) is 59.3 Å². The van der Waals surface area contributed by atoms with E-state index in [0.29, 0.717) is 0 Å². The van der Waals surface area contributed by atoms with Gasteiger partial charge < -0.3 is 25.0 Å². The zero-order chi connectivity index (χ0) is 21.4. The number of rotatable bonds is 12. The predicted octanol–water partition coefficient (Wildman–Crippen LogP) is 1.33. The van der Waals surface area contributed by atoms with Gasteiger partial charge in [0.05, 0.1) is 17.7 Å². The number of fused-ring (bicyclic) bond motifs is 1. The van der Waals surface area contributed by atoms with Crippen molar-refractivity contribution in [1.29, 1.82) is 0 Å². The zero-order valence-corrected chi connectivity index (χ0v) is 18.2. The molecular weight excluding hydrogens is 396 g/mol. The summed E-state index contributed by atoms with van der Waals surface area (Å²) in [5.41, 5.74) is -0.358. The molecule has 0 aromatic carbocycles. The molecule has 29 heavy (non-hydrogen) atoms. The first kappa shape index (κ1) is 24.3. The molecule has 2 aliphatic rings. The third kappa shape index (κ3) is 6.75. The molecule has 2 heterocycles. The SMILES string of the molecule is CCCCCCCC1=N[C@@H]2[C@@H](O[C@H](C)C(=O)N[C@@H](C)[C]=O)[C@H](O)[C@@H](CO)O[C@@H]2S1. The highest BCUT2D eigenvalue weighted by atomic mass is 32.2. The van der Waals surface area contributed by atoms with E-state index in [9.17, 15) is 19.8 Å². The minimum Gasteiger partial charge on any atom is -0.394 e.